The van der Waals surface area contributed by atoms with Crippen LogP contribution >= 0.6 is 0 Å². The number of benzene rings is 1. The Morgan fingerprint density at radius 3 is 2.39 bits per heavy atom. The largest absolute Gasteiger partial charge is 0.389 e. The molecule has 0 bridgehead atoms. The van der Waals surface area contributed by atoms with E-state index in [2.05, 4.69) is 4.98 Å². The zero-order valence-corrected chi connectivity index (χ0v) is 10.7. The molecule has 1 N–H and O–H groups in total. The van der Waals surface area contributed by atoms with Gasteiger partial charge in [-0.3, -0.25) is 4.98 Å². The van der Waals surface area contributed by atoms with Gasteiger partial charge < -0.3 is 5.11 Å². The molecular formula is C16H17NO. The molecule has 2 heteroatoms. The minimum atomic E-state index is -0.415. The van der Waals surface area contributed by atoms with Crippen molar-refractivity contribution in [2.24, 2.45) is 0 Å². The average Bonchev–Trinajstić information content (AvgIpc) is 2.37. The fraction of sp³-hybridized carbons (Fsp3) is 0.188. The molecule has 2 rings (SSSR count). The summed E-state index contributed by atoms with van der Waals surface area (Å²) in [5, 5.41) is 9.43. The van der Waals surface area contributed by atoms with Crippen LogP contribution in [0.2, 0.25) is 0 Å². The number of rotatable bonds is 3. The number of aryl methyl sites for hydroxylation is 1. The summed E-state index contributed by atoms with van der Waals surface area (Å²) in [7, 11) is 0. The lowest BCUT2D eigenvalue weighted by Gasteiger charge is -2.03. The third-order valence-corrected chi connectivity index (χ3v) is 2.78. The summed E-state index contributed by atoms with van der Waals surface area (Å²) in [5.41, 5.74) is 4.00. The van der Waals surface area contributed by atoms with E-state index < -0.39 is 6.10 Å². The smallest absolute Gasteiger partial charge is 0.0761 e. The number of pyridine rings is 1. The highest BCUT2D eigenvalue weighted by Gasteiger charge is 1.98. The van der Waals surface area contributed by atoms with E-state index in [1.807, 2.05) is 61.5 Å². The van der Waals surface area contributed by atoms with Crippen LogP contribution in [-0.2, 0) is 0 Å². The molecule has 0 aliphatic carbocycles. The number of hydrogen-bond acceptors (Lipinski definition) is 2. The Kier molecular flexibility index (Phi) is 3.90. The molecule has 0 fully saturated rings. The van der Waals surface area contributed by atoms with E-state index in [9.17, 15) is 5.11 Å². The highest BCUT2D eigenvalue weighted by atomic mass is 16.3. The van der Waals surface area contributed by atoms with E-state index in [-0.39, 0.29) is 0 Å². The summed E-state index contributed by atoms with van der Waals surface area (Å²) >= 11 is 0. The van der Waals surface area contributed by atoms with Gasteiger partial charge in [0, 0.05) is 5.69 Å². The van der Waals surface area contributed by atoms with Gasteiger partial charge in [0.15, 0.2) is 0 Å². The minimum Gasteiger partial charge on any atom is -0.389 e. The molecule has 0 aliphatic heterocycles. The Morgan fingerprint density at radius 1 is 1.06 bits per heavy atom. The Morgan fingerprint density at radius 2 is 1.78 bits per heavy atom. The normalized spacial score (nSPS) is 12.8. The fourth-order valence-electron chi connectivity index (χ4n) is 1.72. The van der Waals surface area contributed by atoms with Gasteiger partial charge in [0.1, 0.15) is 0 Å². The van der Waals surface area contributed by atoms with Crippen LogP contribution < -0.4 is 0 Å². The number of aromatic nitrogens is 1. The lowest BCUT2D eigenvalue weighted by atomic mass is 10.1. The second-order valence-corrected chi connectivity index (χ2v) is 4.38. The van der Waals surface area contributed by atoms with Gasteiger partial charge in [-0.1, -0.05) is 36.4 Å². The predicted molar refractivity (Wildman–Crippen MR) is 75.0 cm³/mol. The Hall–Kier alpha value is -1.93. The van der Waals surface area contributed by atoms with Crippen molar-refractivity contribution in [3.8, 4) is 0 Å². The summed E-state index contributed by atoms with van der Waals surface area (Å²) in [6.45, 7) is 3.75. The highest BCUT2D eigenvalue weighted by molar-refractivity contribution is 5.68. The van der Waals surface area contributed by atoms with Crippen LogP contribution in [-0.4, -0.2) is 10.1 Å². The van der Waals surface area contributed by atoms with Crippen LogP contribution in [0.25, 0.3) is 12.2 Å². The van der Waals surface area contributed by atoms with Crippen molar-refractivity contribution in [3.05, 3.63) is 65.0 Å². The summed E-state index contributed by atoms with van der Waals surface area (Å²) in [4.78, 5) is 4.41. The van der Waals surface area contributed by atoms with Crippen molar-refractivity contribution >= 4 is 12.2 Å². The first-order valence-electron chi connectivity index (χ1n) is 6.05. The van der Waals surface area contributed by atoms with E-state index in [4.69, 9.17) is 0 Å². The topological polar surface area (TPSA) is 33.1 Å². The molecule has 0 amide bonds. The monoisotopic (exact) mass is 239 g/mol. The second-order valence-electron chi connectivity index (χ2n) is 4.38. The maximum atomic E-state index is 9.43. The predicted octanol–water partition coefficient (Wildman–Crippen LogP) is 3.61. The van der Waals surface area contributed by atoms with Crippen molar-refractivity contribution < 1.29 is 5.11 Å². The first-order valence-corrected chi connectivity index (χ1v) is 6.05. The van der Waals surface area contributed by atoms with Gasteiger partial charge in [-0.15, -0.1) is 0 Å². The van der Waals surface area contributed by atoms with Gasteiger partial charge in [-0.05, 0) is 43.2 Å². The van der Waals surface area contributed by atoms with E-state index in [0.29, 0.717) is 0 Å². The highest BCUT2D eigenvalue weighted by Crippen LogP contribution is 2.14. The van der Waals surface area contributed by atoms with Crippen LogP contribution in [0.4, 0.5) is 0 Å². The molecular weight excluding hydrogens is 222 g/mol. The molecule has 0 saturated heterocycles. The standard InChI is InChI=1S/C16H17NO/c1-12-4-3-5-16(17-12)11-8-14-6-9-15(10-7-14)13(2)18/h3-11,13,18H,1-2H3. The van der Waals surface area contributed by atoms with Crippen LogP contribution in [0.15, 0.2) is 42.5 Å². The molecule has 2 aromatic rings. The molecule has 1 heterocycles. The van der Waals surface area contributed by atoms with E-state index >= 15 is 0 Å². The van der Waals surface area contributed by atoms with Crippen LogP contribution in [0.3, 0.4) is 0 Å². The molecule has 0 saturated carbocycles. The minimum absolute atomic E-state index is 0.415. The van der Waals surface area contributed by atoms with Crippen molar-refractivity contribution in [2.75, 3.05) is 0 Å². The number of hydrogen-bond donors (Lipinski definition) is 1. The van der Waals surface area contributed by atoms with Crippen LogP contribution in [0, 0.1) is 6.92 Å². The SMILES string of the molecule is Cc1cccc(C=Cc2ccc(C(C)O)cc2)n1. The molecule has 1 unspecified atom stereocenters. The Balaban J connectivity index is 2.14. The van der Waals surface area contributed by atoms with Gasteiger partial charge in [-0.25, -0.2) is 0 Å². The molecule has 1 atom stereocenters. The molecule has 1 aromatic carbocycles. The molecule has 0 aliphatic rings. The third kappa shape index (κ3) is 3.28. The van der Waals surface area contributed by atoms with Crippen molar-refractivity contribution in [1.29, 1.82) is 0 Å². The number of aliphatic hydroxyl groups excluding tert-OH is 1. The summed E-state index contributed by atoms with van der Waals surface area (Å²) in [5.74, 6) is 0. The van der Waals surface area contributed by atoms with Crippen molar-refractivity contribution in [1.82, 2.24) is 4.98 Å². The maximum absolute atomic E-state index is 9.43. The Bertz CT molecular complexity index is 541. The molecule has 2 nitrogen and oxygen atoms in total. The van der Waals surface area contributed by atoms with Gasteiger partial charge in [0.25, 0.3) is 0 Å². The van der Waals surface area contributed by atoms with E-state index in [1.165, 1.54) is 0 Å². The molecule has 18 heavy (non-hydrogen) atoms. The van der Waals surface area contributed by atoms with E-state index in [1.54, 1.807) is 6.92 Å². The van der Waals surface area contributed by atoms with Crippen LogP contribution in [0.5, 0.6) is 0 Å². The second kappa shape index (κ2) is 5.61. The van der Waals surface area contributed by atoms with Gasteiger partial charge in [-0.2, -0.15) is 0 Å². The summed E-state index contributed by atoms with van der Waals surface area (Å²) in [6.07, 6.45) is 3.60. The summed E-state index contributed by atoms with van der Waals surface area (Å²) in [6, 6.07) is 13.8. The van der Waals surface area contributed by atoms with Crippen molar-refractivity contribution in [2.45, 2.75) is 20.0 Å². The first kappa shape index (κ1) is 12.5. The zero-order chi connectivity index (χ0) is 13.0. The number of nitrogens with zero attached hydrogens (tertiary/aromatic N) is 1. The third-order valence-electron chi connectivity index (χ3n) is 2.78. The first-order chi connectivity index (χ1) is 8.65. The van der Waals surface area contributed by atoms with Gasteiger partial charge in [0.05, 0.1) is 11.8 Å². The lowest BCUT2D eigenvalue weighted by Crippen LogP contribution is -1.89. The quantitative estimate of drug-likeness (QED) is 0.887. The van der Waals surface area contributed by atoms with E-state index in [0.717, 1.165) is 22.5 Å². The van der Waals surface area contributed by atoms with Gasteiger partial charge >= 0.3 is 0 Å². The molecule has 0 radical (unpaired) electrons. The molecule has 92 valence electrons. The van der Waals surface area contributed by atoms with Crippen molar-refractivity contribution in [3.63, 3.8) is 0 Å². The lowest BCUT2D eigenvalue weighted by molar-refractivity contribution is 0.199. The molecule has 1 aromatic heterocycles. The zero-order valence-electron chi connectivity index (χ0n) is 10.7. The Labute approximate surface area is 108 Å². The van der Waals surface area contributed by atoms with Gasteiger partial charge in [0.2, 0.25) is 0 Å². The average molecular weight is 239 g/mol. The maximum Gasteiger partial charge on any atom is 0.0761 e. The molecule has 0 spiro atoms. The van der Waals surface area contributed by atoms with Crippen LogP contribution in [0.1, 0.15) is 35.5 Å². The fourth-order valence-corrected chi connectivity index (χ4v) is 1.72. The number of aliphatic hydroxyl groups is 1. The summed E-state index contributed by atoms with van der Waals surface area (Å²) < 4.78 is 0.